The Morgan fingerprint density at radius 2 is 2.08 bits per heavy atom. The zero-order chi connectivity index (χ0) is 9.57. The summed E-state index contributed by atoms with van der Waals surface area (Å²) < 4.78 is 41.3. The monoisotopic (exact) mass is 200 g/mol. The van der Waals surface area contributed by atoms with Crippen LogP contribution in [0, 0.1) is 0 Å². The molecule has 12 heavy (non-hydrogen) atoms. The number of alkyl halides is 4. The third-order valence-electron chi connectivity index (χ3n) is 1.49. The van der Waals surface area contributed by atoms with E-state index in [0.717, 1.165) is 7.11 Å². The van der Waals surface area contributed by atoms with Crippen LogP contribution in [0.1, 0.15) is 0 Å². The lowest BCUT2D eigenvalue weighted by Gasteiger charge is -2.34. The Labute approximate surface area is 70.9 Å². The van der Waals surface area contributed by atoms with Gasteiger partial charge in [-0.25, -0.2) is 9.18 Å². The molecule has 0 bridgehead atoms. The van der Waals surface area contributed by atoms with E-state index in [2.05, 4.69) is 4.74 Å². The molecule has 0 heterocycles. The lowest BCUT2D eigenvalue weighted by molar-refractivity contribution is -0.143. The van der Waals surface area contributed by atoms with E-state index in [1.165, 1.54) is 0 Å². The highest BCUT2D eigenvalue weighted by molar-refractivity contribution is 6.30. The molecule has 2 nitrogen and oxygen atoms in total. The highest BCUT2D eigenvalue weighted by atomic mass is 35.5. The lowest BCUT2D eigenvalue weighted by Crippen LogP contribution is -2.50. The maximum absolute atomic E-state index is 12.7. The van der Waals surface area contributed by atoms with E-state index in [1.807, 2.05) is 0 Å². The predicted molar refractivity (Wildman–Crippen MR) is 34.7 cm³/mol. The van der Waals surface area contributed by atoms with E-state index < -0.39 is 22.6 Å². The molecule has 0 saturated heterocycles. The van der Waals surface area contributed by atoms with Crippen LogP contribution in [-0.4, -0.2) is 24.1 Å². The van der Waals surface area contributed by atoms with Gasteiger partial charge in [-0.3, -0.25) is 0 Å². The lowest BCUT2D eigenvalue weighted by atomic mass is 9.91. The van der Waals surface area contributed by atoms with Gasteiger partial charge in [0.2, 0.25) is 0 Å². The van der Waals surface area contributed by atoms with Gasteiger partial charge in [-0.05, 0) is 0 Å². The van der Waals surface area contributed by atoms with Crippen molar-refractivity contribution in [1.29, 1.82) is 0 Å². The highest BCUT2D eigenvalue weighted by Gasteiger charge is 2.65. The molecule has 0 fully saturated rings. The Balaban J connectivity index is 2.94. The number of ether oxygens (including phenoxy) is 1. The van der Waals surface area contributed by atoms with Gasteiger partial charge in [0.25, 0.3) is 5.13 Å². The number of carbonyl (C=O) groups is 1. The molecule has 0 aromatic rings. The van der Waals surface area contributed by atoms with E-state index in [0.29, 0.717) is 0 Å². The van der Waals surface area contributed by atoms with E-state index in [1.54, 1.807) is 0 Å². The second kappa shape index (κ2) is 2.39. The van der Waals surface area contributed by atoms with E-state index in [-0.39, 0.29) is 6.08 Å². The Kier molecular flexibility index (Phi) is 1.87. The quantitative estimate of drug-likeness (QED) is 0.475. The Morgan fingerprint density at radius 3 is 2.33 bits per heavy atom. The molecule has 1 aliphatic carbocycles. The average molecular weight is 201 g/mol. The molecule has 0 N–H and O–H groups in total. The second-order valence-electron chi connectivity index (χ2n) is 2.25. The number of allylic oxidation sites excluding steroid dienone is 1. The first-order valence-corrected chi connectivity index (χ1v) is 3.28. The molecule has 1 atom stereocenters. The zero-order valence-electron chi connectivity index (χ0n) is 5.91. The normalized spacial score (nSPS) is 31.9. The fourth-order valence-corrected chi connectivity index (χ4v) is 0.948. The number of carbonyl (C=O) groups excluding carboxylic acids is 1. The third-order valence-corrected chi connectivity index (χ3v) is 1.94. The molecule has 0 aromatic heterocycles. The van der Waals surface area contributed by atoms with E-state index >= 15 is 0 Å². The van der Waals surface area contributed by atoms with Crippen molar-refractivity contribution in [1.82, 2.24) is 0 Å². The van der Waals surface area contributed by atoms with Crippen molar-refractivity contribution in [2.75, 3.05) is 7.11 Å². The molecular weight excluding hydrogens is 197 g/mol. The largest absolute Gasteiger partial charge is 0.466 e. The zero-order valence-corrected chi connectivity index (χ0v) is 6.66. The number of hydrogen-bond donors (Lipinski definition) is 0. The summed E-state index contributed by atoms with van der Waals surface area (Å²) in [5.41, 5.74) is -0.850. The summed E-state index contributed by atoms with van der Waals surface area (Å²) in [5, 5.41) is -3.42. The van der Waals surface area contributed by atoms with Gasteiger partial charge in [-0.15, -0.1) is 0 Å². The second-order valence-corrected chi connectivity index (χ2v) is 2.77. The minimum atomic E-state index is -3.79. The van der Waals surface area contributed by atoms with Crippen LogP contribution in [0.5, 0.6) is 0 Å². The first-order valence-electron chi connectivity index (χ1n) is 2.90. The summed E-state index contributed by atoms with van der Waals surface area (Å²) in [5.74, 6) is -4.98. The van der Waals surface area contributed by atoms with Gasteiger partial charge in [-0.1, -0.05) is 11.6 Å². The number of esters is 1. The third kappa shape index (κ3) is 0.998. The summed E-state index contributed by atoms with van der Waals surface area (Å²) in [4.78, 5) is 10.5. The number of rotatable bonds is 1. The average Bonchev–Trinajstić information content (AvgIpc) is 1.99. The topological polar surface area (TPSA) is 26.3 Å². The van der Waals surface area contributed by atoms with Crippen molar-refractivity contribution >= 4 is 17.6 Å². The molecule has 0 aromatic carbocycles. The van der Waals surface area contributed by atoms with Crippen molar-refractivity contribution in [3.63, 3.8) is 0 Å². The molecule has 0 spiro atoms. The predicted octanol–water partition coefficient (Wildman–Crippen LogP) is 1.64. The van der Waals surface area contributed by atoms with Crippen LogP contribution in [0.4, 0.5) is 13.2 Å². The van der Waals surface area contributed by atoms with Crippen molar-refractivity contribution in [3.8, 4) is 0 Å². The van der Waals surface area contributed by atoms with Crippen LogP contribution in [-0.2, 0) is 9.53 Å². The standard InChI is InChI=1S/C6H4ClF3O2/c1-12-4(11)3-2-5(8,9)6(3,7)10/h2H,1H3. The van der Waals surface area contributed by atoms with Crippen LogP contribution in [0.3, 0.4) is 0 Å². The first-order chi connectivity index (χ1) is 5.33. The molecule has 68 valence electrons. The van der Waals surface area contributed by atoms with Crippen LogP contribution >= 0.6 is 11.6 Å². The minimum absolute atomic E-state index is 0.145. The van der Waals surface area contributed by atoms with Crippen molar-refractivity contribution in [2.45, 2.75) is 11.1 Å². The fraction of sp³-hybridized carbons (Fsp3) is 0.500. The molecular formula is C6H4ClF3O2. The Bertz CT molecular complexity index is 260. The maximum Gasteiger partial charge on any atom is 0.338 e. The highest BCUT2D eigenvalue weighted by Crippen LogP contribution is 2.51. The molecule has 6 heteroatoms. The first kappa shape index (κ1) is 9.38. The van der Waals surface area contributed by atoms with Crippen LogP contribution < -0.4 is 0 Å². The summed E-state index contributed by atoms with van der Waals surface area (Å²) in [6.07, 6.45) is 0.145. The van der Waals surface area contributed by atoms with Crippen molar-refractivity contribution in [2.24, 2.45) is 0 Å². The summed E-state index contributed by atoms with van der Waals surface area (Å²) in [7, 11) is 0.951. The number of hydrogen-bond acceptors (Lipinski definition) is 2. The van der Waals surface area contributed by atoms with Crippen LogP contribution in [0.25, 0.3) is 0 Å². The molecule has 0 amide bonds. The van der Waals surface area contributed by atoms with Crippen molar-refractivity contribution < 1.29 is 22.7 Å². The molecule has 0 aliphatic heterocycles. The van der Waals surface area contributed by atoms with Gasteiger partial charge in [0, 0.05) is 6.08 Å². The van der Waals surface area contributed by atoms with E-state index in [4.69, 9.17) is 11.6 Å². The van der Waals surface area contributed by atoms with Gasteiger partial charge in [-0.2, -0.15) is 8.78 Å². The smallest absolute Gasteiger partial charge is 0.338 e. The summed E-state index contributed by atoms with van der Waals surface area (Å²) in [6.45, 7) is 0. The number of methoxy groups -OCH3 is 1. The van der Waals surface area contributed by atoms with Crippen molar-refractivity contribution in [3.05, 3.63) is 11.6 Å². The van der Waals surface area contributed by atoms with Crippen LogP contribution in [0.2, 0.25) is 0 Å². The molecule has 1 aliphatic rings. The molecule has 1 rings (SSSR count). The maximum atomic E-state index is 12.7. The van der Waals surface area contributed by atoms with Gasteiger partial charge in [0.15, 0.2) is 0 Å². The van der Waals surface area contributed by atoms with E-state index in [9.17, 15) is 18.0 Å². The van der Waals surface area contributed by atoms with Crippen LogP contribution in [0.15, 0.2) is 11.6 Å². The summed E-state index contributed by atoms with van der Waals surface area (Å²) in [6, 6.07) is 0. The number of halogens is 4. The van der Waals surface area contributed by atoms with Gasteiger partial charge in [0.1, 0.15) is 0 Å². The molecule has 0 saturated carbocycles. The Morgan fingerprint density at radius 1 is 1.58 bits per heavy atom. The van der Waals surface area contributed by atoms with Gasteiger partial charge >= 0.3 is 11.9 Å². The molecule has 1 unspecified atom stereocenters. The fourth-order valence-electron chi connectivity index (χ4n) is 0.761. The Hall–Kier alpha value is -0.710. The molecule has 0 radical (unpaired) electrons. The minimum Gasteiger partial charge on any atom is -0.466 e. The SMILES string of the molecule is COC(=O)C1=CC(F)(F)C1(F)Cl. The van der Waals surface area contributed by atoms with Gasteiger partial charge < -0.3 is 4.74 Å². The van der Waals surface area contributed by atoms with Gasteiger partial charge in [0.05, 0.1) is 12.7 Å². The summed E-state index contributed by atoms with van der Waals surface area (Å²) >= 11 is 4.75.